The number of fused-ring (bicyclic) bond motifs is 18. The molecular formula is C68H57BN2. The van der Waals surface area contributed by atoms with Gasteiger partial charge < -0.3 is 9.80 Å². The summed E-state index contributed by atoms with van der Waals surface area (Å²) < 4.78 is 0. The van der Waals surface area contributed by atoms with E-state index in [1.54, 1.807) is 22.3 Å². The molecule has 4 aliphatic rings. The Morgan fingerprint density at radius 1 is 0.352 bits per heavy atom. The average molecular weight is 913 g/mol. The van der Waals surface area contributed by atoms with E-state index >= 15 is 0 Å². The Hall–Kier alpha value is -7.36. The maximum Gasteiger partial charge on any atom is 0.252 e. The van der Waals surface area contributed by atoms with Gasteiger partial charge in [-0.3, -0.25) is 0 Å². The first-order chi connectivity index (χ1) is 34.6. The summed E-state index contributed by atoms with van der Waals surface area (Å²) in [7, 11) is 0. The molecule has 0 spiro atoms. The van der Waals surface area contributed by atoms with Crippen LogP contribution in [0.4, 0.5) is 34.1 Å². The first-order valence-corrected chi connectivity index (χ1v) is 26.3. The Bertz CT molecular complexity index is 3810. The molecule has 0 unspecified atom stereocenters. The number of benzene rings is 11. The quantitative estimate of drug-likeness (QED) is 0.126. The molecule has 0 saturated carbocycles. The molecule has 0 fully saturated rings. The van der Waals surface area contributed by atoms with Crippen LogP contribution in [0.2, 0.25) is 0 Å². The van der Waals surface area contributed by atoms with E-state index in [4.69, 9.17) is 0 Å². The van der Waals surface area contributed by atoms with Crippen molar-refractivity contribution in [3.8, 4) is 0 Å². The lowest BCUT2D eigenvalue weighted by Crippen LogP contribution is -2.62. The summed E-state index contributed by atoms with van der Waals surface area (Å²) in [4.78, 5) is 5.56. The van der Waals surface area contributed by atoms with Crippen molar-refractivity contribution in [1.29, 1.82) is 0 Å². The molecule has 342 valence electrons. The van der Waals surface area contributed by atoms with Crippen molar-refractivity contribution in [2.24, 2.45) is 0 Å². The number of hydrogen-bond donors (Lipinski definition) is 0. The lowest BCUT2D eigenvalue weighted by molar-refractivity contribution is 0.585. The maximum atomic E-state index is 2.78. The third kappa shape index (κ3) is 5.61. The van der Waals surface area contributed by atoms with Gasteiger partial charge in [0.15, 0.2) is 0 Å². The van der Waals surface area contributed by atoms with Crippen LogP contribution >= 0.6 is 0 Å². The van der Waals surface area contributed by atoms with Crippen molar-refractivity contribution in [3.63, 3.8) is 0 Å². The highest BCUT2D eigenvalue weighted by Crippen LogP contribution is 2.55. The fourth-order valence-electron chi connectivity index (χ4n) is 14.7. The Labute approximate surface area is 417 Å². The molecule has 11 aromatic carbocycles. The lowest BCUT2D eigenvalue weighted by Gasteiger charge is -2.48. The summed E-state index contributed by atoms with van der Waals surface area (Å²) in [6.07, 6.45) is 6.91. The number of rotatable bonds is 2. The third-order valence-corrected chi connectivity index (χ3v) is 17.2. The number of anilines is 6. The van der Waals surface area contributed by atoms with Crippen molar-refractivity contribution < 1.29 is 0 Å². The van der Waals surface area contributed by atoms with Gasteiger partial charge >= 0.3 is 0 Å². The molecule has 2 aliphatic heterocycles. The Morgan fingerprint density at radius 3 is 1.03 bits per heavy atom. The largest absolute Gasteiger partial charge is 0.310 e. The number of nitrogens with zero attached hydrogens (tertiary/aromatic N) is 2. The molecular weight excluding hydrogens is 856 g/mol. The molecule has 11 aromatic rings. The summed E-state index contributed by atoms with van der Waals surface area (Å²) in [5.74, 6) is 0. The fourth-order valence-corrected chi connectivity index (χ4v) is 14.7. The molecule has 2 aliphatic carbocycles. The average Bonchev–Trinajstić information content (AvgIpc) is 4.07. The van der Waals surface area contributed by atoms with Gasteiger partial charge in [-0.05, 0) is 177 Å². The standard InChI is InChI=1S/C68H57BN2/c1-67(2,3)62-42-30-15-20-40(42)38-54-65(62)70(56-34-17-32-52-48-24-9-7-22-44(48)46-26-11-13-28-50(46)60(52)56)58-36-19-37-59-64(58)69(54)55-39-41-21-16-31-43(41)63(68(4,5)6)66(55)71(59)57-35-18-33-53-49-25-10-8-23-45(49)47-27-12-14-29-51(47)61(53)57/h7-14,17-19,22-29,32-39H,15-16,20-21,30-31H2,1-6H3. The van der Waals surface area contributed by atoms with Crippen LogP contribution in [-0.2, 0) is 36.5 Å². The zero-order chi connectivity index (χ0) is 47.7. The highest BCUT2D eigenvalue weighted by Gasteiger charge is 2.49. The molecule has 2 nitrogen and oxygen atoms in total. The van der Waals surface area contributed by atoms with Crippen LogP contribution in [0.1, 0.15) is 87.8 Å². The minimum absolute atomic E-state index is 0.0396. The summed E-state index contributed by atoms with van der Waals surface area (Å²) >= 11 is 0. The maximum absolute atomic E-state index is 2.78. The van der Waals surface area contributed by atoms with Gasteiger partial charge in [0.2, 0.25) is 0 Å². The van der Waals surface area contributed by atoms with Gasteiger partial charge in [0.1, 0.15) is 0 Å². The first-order valence-electron chi connectivity index (χ1n) is 26.3. The summed E-state index contributed by atoms with van der Waals surface area (Å²) in [5.41, 5.74) is 21.3. The van der Waals surface area contributed by atoms with Crippen LogP contribution < -0.4 is 26.2 Å². The second-order valence-electron chi connectivity index (χ2n) is 23.3. The van der Waals surface area contributed by atoms with Crippen molar-refractivity contribution in [2.45, 2.75) is 90.9 Å². The van der Waals surface area contributed by atoms with Crippen molar-refractivity contribution in [1.82, 2.24) is 0 Å². The monoisotopic (exact) mass is 912 g/mol. The van der Waals surface area contributed by atoms with Crippen molar-refractivity contribution in [2.75, 3.05) is 9.80 Å². The van der Waals surface area contributed by atoms with Gasteiger partial charge in [0.25, 0.3) is 6.71 Å². The number of aryl methyl sites for hydroxylation is 2. The van der Waals surface area contributed by atoms with E-state index in [0.29, 0.717) is 0 Å². The van der Waals surface area contributed by atoms with E-state index in [1.165, 1.54) is 139 Å². The van der Waals surface area contributed by atoms with E-state index in [-0.39, 0.29) is 17.5 Å². The molecule has 0 aromatic heterocycles. The van der Waals surface area contributed by atoms with Gasteiger partial charge in [-0.25, -0.2) is 0 Å². The van der Waals surface area contributed by atoms with E-state index in [9.17, 15) is 0 Å². The summed E-state index contributed by atoms with van der Waals surface area (Å²) in [5, 5.41) is 15.7. The minimum Gasteiger partial charge on any atom is -0.310 e. The minimum atomic E-state index is -0.114. The first kappa shape index (κ1) is 41.4. The topological polar surface area (TPSA) is 6.48 Å². The highest BCUT2D eigenvalue weighted by molar-refractivity contribution is 7.00. The van der Waals surface area contributed by atoms with E-state index in [0.717, 1.165) is 25.7 Å². The normalized spacial score (nSPS) is 15.0. The molecule has 15 rings (SSSR count). The van der Waals surface area contributed by atoms with Gasteiger partial charge in [-0.1, -0.05) is 181 Å². The molecule has 0 amide bonds. The van der Waals surface area contributed by atoms with Crippen molar-refractivity contribution >= 4 is 122 Å². The second-order valence-corrected chi connectivity index (χ2v) is 23.3. The van der Waals surface area contributed by atoms with Gasteiger partial charge in [0, 0.05) is 33.5 Å². The Balaban J connectivity index is 1.14. The molecule has 0 bridgehead atoms. The molecule has 0 saturated heterocycles. The lowest BCUT2D eigenvalue weighted by atomic mass is 9.32. The third-order valence-electron chi connectivity index (χ3n) is 17.2. The SMILES string of the molecule is CC(C)(C)c1c2c(cc3c1N(c1cccc4c5ccccc5c5ccccc5c14)c1cccc4c1B3c1cc3c(c(C(C)(C)C)c1N4c1cccc4c5ccccc5c5ccccc5c14)CCC3)CCC2. The molecule has 0 atom stereocenters. The zero-order valence-electron chi connectivity index (χ0n) is 41.8. The molecule has 71 heavy (non-hydrogen) atoms. The number of hydrogen-bond acceptors (Lipinski definition) is 2. The van der Waals surface area contributed by atoms with Gasteiger partial charge in [-0.15, -0.1) is 0 Å². The summed E-state index contributed by atoms with van der Waals surface area (Å²) in [6, 6.07) is 63.5. The highest BCUT2D eigenvalue weighted by atomic mass is 15.2. The predicted octanol–water partition coefficient (Wildman–Crippen LogP) is 16.3. The Morgan fingerprint density at radius 2 is 0.662 bits per heavy atom. The van der Waals surface area contributed by atoms with E-state index in [1.807, 2.05) is 0 Å². The second kappa shape index (κ2) is 14.6. The van der Waals surface area contributed by atoms with E-state index < -0.39 is 0 Å². The van der Waals surface area contributed by atoms with Gasteiger partial charge in [-0.2, -0.15) is 0 Å². The van der Waals surface area contributed by atoms with Crippen LogP contribution in [0.3, 0.4) is 0 Å². The van der Waals surface area contributed by atoms with Crippen LogP contribution in [-0.4, -0.2) is 6.71 Å². The fraction of sp³-hybridized carbons (Fsp3) is 0.206. The predicted molar refractivity (Wildman–Crippen MR) is 307 cm³/mol. The van der Waals surface area contributed by atoms with Gasteiger partial charge in [0.05, 0.1) is 11.4 Å². The van der Waals surface area contributed by atoms with Crippen LogP contribution in [0.5, 0.6) is 0 Å². The van der Waals surface area contributed by atoms with Crippen LogP contribution in [0.15, 0.2) is 164 Å². The molecule has 3 heteroatoms. The molecule has 0 N–H and O–H groups in total. The molecule has 2 heterocycles. The molecule has 0 radical (unpaired) electrons. The van der Waals surface area contributed by atoms with E-state index in [2.05, 4.69) is 215 Å². The smallest absolute Gasteiger partial charge is 0.252 e. The Kier molecular flexibility index (Phi) is 8.53. The van der Waals surface area contributed by atoms with Crippen molar-refractivity contribution in [3.05, 3.63) is 197 Å². The van der Waals surface area contributed by atoms with Crippen LogP contribution in [0, 0.1) is 0 Å². The summed E-state index contributed by atoms with van der Waals surface area (Å²) in [6.45, 7) is 14.9. The van der Waals surface area contributed by atoms with Crippen LogP contribution in [0.25, 0.3) is 64.6 Å². The zero-order valence-corrected chi connectivity index (χ0v) is 41.8.